The Labute approximate surface area is 252 Å². The van der Waals surface area contributed by atoms with Crippen LogP contribution in [-0.4, -0.2) is 77.6 Å². The van der Waals surface area contributed by atoms with Gasteiger partial charge in [-0.15, -0.1) is 0 Å². The van der Waals surface area contributed by atoms with Gasteiger partial charge >= 0.3 is 6.18 Å². The van der Waals surface area contributed by atoms with E-state index in [-0.39, 0.29) is 37.2 Å². The molecule has 6 rings (SSSR count). The van der Waals surface area contributed by atoms with Crippen LogP contribution in [0, 0.1) is 11.3 Å². The smallest absolute Gasteiger partial charge is 0.433 e. The number of pyridine rings is 1. The van der Waals surface area contributed by atoms with Crippen LogP contribution in [0.25, 0.3) is 22.3 Å². The van der Waals surface area contributed by atoms with Crippen LogP contribution < -0.4 is 10.1 Å². The molecule has 4 aromatic rings. The fourth-order valence-corrected chi connectivity index (χ4v) is 6.18. The quantitative estimate of drug-likeness (QED) is 0.243. The number of nitrogens with one attached hydrogen (secondary N) is 2. The molecule has 1 atom stereocenters. The molecule has 232 valence electrons. The second-order valence-electron chi connectivity index (χ2n) is 11.8. The molecule has 3 N–H and O–H groups in total. The molecular weight excluding hydrogens is 575 g/mol. The number of aliphatic hydroxyl groups excluding tert-OH is 1. The Kier molecular flexibility index (Phi) is 8.28. The van der Waals surface area contributed by atoms with E-state index in [9.17, 15) is 23.5 Å². The summed E-state index contributed by atoms with van der Waals surface area (Å²) in [5.74, 6) is -0.0381. The Bertz CT molecular complexity index is 1630. The van der Waals surface area contributed by atoms with Gasteiger partial charge in [0, 0.05) is 61.1 Å². The molecule has 0 radical (unpaired) electrons. The molecule has 2 fully saturated rings. The van der Waals surface area contributed by atoms with Crippen molar-refractivity contribution in [2.24, 2.45) is 0 Å². The van der Waals surface area contributed by atoms with E-state index in [4.69, 9.17) is 4.74 Å². The van der Waals surface area contributed by atoms with Crippen molar-refractivity contribution in [1.29, 1.82) is 5.26 Å². The first-order chi connectivity index (χ1) is 21.2. The minimum Gasteiger partial charge on any atom is -0.474 e. The number of likely N-dealkylation sites (tertiary alicyclic amines) is 1. The van der Waals surface area contributed by atoms with Gasteiger partial charge in [0.1, 0.15) is 29.3 Å². The number of halogens is 3. The van der Waals surface area contributed by atoms with E-state index >= 15 is 0 Å². The lowest BCUT2D eigenvalue weighted by Gasteiger charge is -2.53. The second-order valence-corrected chi connectivity index (χ2v) is 11.8. The molecule has 1 aliphatic carbocycles. The highest BCUT2D eigenvalue weighted by Crippen LogP contribution is 2.39. The van der Waals surface area contributed by atoms with Gasteiger partial charge in [0.25, 0.3) is 0 Å². The molecule has 1 saturated heterocycles. The van der Waals surface area contributed by atoms with Gasteiger partial charge in [0.05, 0.1) is 31.0 Å². The van der Waals surface area contributed by atoms with E-state index < -0.39 is 17.4 Å². The van der Waals surface area contributed by atoms with Gasteiger partial charge in [-0.05, 0) is 50.3 Å². The van der Waals surface area contributed by atoms with Crippen molar-refractivity contribution in [3.05, 3.63) is 54.4 Å². The zero-order chi connectivity index (χ0) is 30.9. The molecule has 11 nitrogen and oxygen atoms in total. The number of aromatic amines is 1. The molecule has 0 unspecified atom stereocenters. The number of hydrogen-bond donors (Lipinski definition) is 3. The van der Waals surface area contributed by atoms with Gasteiger partial charge in [-0.1, -0.05) is 0 Å². The van der Waals surface area contributed by atoms with E-state index in [1.807, 2.05) is 23.1 Å². The van der Waals surface area contributed by atoms with Crippen molar-refractivity contribution in [3.8, 4) is 23.2 Å². The third kappa shape index (κ3) is 6.12. The zero-order valence-corrected chi connectivity index (χ0v) is 24.3. The summed E-state index contributed by atoms with van der Waals surface area (Å²) in [6.45, 7) is 3.14. The van der Waals surface area contributed by atoms with Crippen LogP contribution in [0.5, 0.6) is 5.88 Å². The number of nitriles is 1. The summed E-state index contributed by atoms with van der Waals surface area (Å²) < 4.78 is 48.5. The van der Waals surface area contributed by atoms with Crippen molar-refractivity contribution in [3.63, 3.8) is 0 Å². The summed E-state index contributed by atoms with van der Waals surface area (Å²) in [6, 6.07) is 6.84. The average Bonchev–Trinajstić information content (AvgIpc) is 3.68. The molecule has 0 bridgehead atoms. The molecule has 5 heterocycles. The Balaban J connectivity index is 1.08. The van der Waals surface area contributed by atoms with Gasteiger partial charge in [-0.3, -0.25) is 9.58 Å². The largest absolute Gasteiger partial charge is 0.474 e. The van der Waals surface area contributed by atoms with Gasteiger partial charge in [-0.25, -0.2) is 15.0 Å². The fraction of sp³-hybridized carbons (Fsp3) is 0.500. The zero-order valence-electron chi connectivity index (χ0n) is 24.3. The predicted molar refractivity (Wildman–Crippen MR) is 154 cm³/mol. The lowest BCUT2D eigenvalue weighted by atomic mass is 9.82. The second kappa shape index (κ2) is 12.1. The summed E-state index contributed by atoms with van der Waals surface area (Å²) in [7, 11) is 0. The summed E-state index contributed by atoms with van der Waals surface area (Å²) in [5, 5.41) is 27.4. The van der Waals surface area contributed by atoms with Crippen LogP contribution >= 0.6 is 0 Å². The van der Waals surface area contributed by atoms with Crippen molar-refractivity contribution in [2.45, 2.75) is 75.5 Å². The number of ether oxygens (including phenoxy) is 1. The van der Waals surface area contributed by atoms with E-state index in [1.54, 1.807) is 13.1 Å². The number of hydrogen-bond acceptors (Lipinski definition) is 9. The van der Waals surface area contributed by atoms with Gasteiger partial charge < -0.3 is 20.1 Å². The molecule has 14 heteroatoms. The number of nitrogens with zero attached hydrogens (tertiary/aromatic N) is 7. The summed E-state index contributed by atoms with van der Waals surface area (Å²) >= 11 is 0. The van der Waals surface area contributed by atoms with E-state index in [0.717, 1.165) is 41.2 Å². The predicted octanol–water partition coefficient (Wildman–Crippen LogP) is 4.02. The molecule has 44 heavy (non-hydrogen) atoms. The maximum atomic E-state index is 13.5. The number of fused-ring (bicyclic) bond motifs is 1. The molecule has 1 saturated carbocycles. The van der Waals surface area contributed by atoms with Crippen LogP contribution in [0.15, 0.2) is 43.1 Å². The molecule has 2 aliphatic rings. The number of aromatic nitrogens is 6. The number of aliphatic hydroxyl groups is 1. The third-order valence-electron chi connectivity index (χ3n) is 8.63. The monoisotopic (exact) mass is 609 g/mol. The van der Waals surface area contributed by atoms with Crippen LogP contribution in [0.2, 0.25) is 0 Å². The highest BCUT2D eigenvalue weighted by atomic mass is 19.4. The molecule has 0 aromatic carbocycles. The first-order valence-corrected chi connectivity index (χ1v) is 14.7. The van der Waals surface area contributed by atoms with Gasteiger partial charge in [-0.2, -0.15) is 23.5 Å². The van der Waals surface area contributed by atoms with Crippen LogP contribution in [0.4, 0.5) is 13.2 Å². The first-order valence-electron chi connectivity index (χ1n) is 14.7. The normalized spacial score (nSPS) is 21.1. The van der Waals surface area contributed by atoms with Crippen molar-refractivity contribution in [1.82, 2.24) is 39.9 Å². The number of rotatable bonds is 10. The lowest BCUT2D eigenvalue weighted by molar-refractivity contribution is -0.141. The maximum Gasteiger partial charge on any atom is 0.433 e. The lowest BCUT2D eigenvalue weighted by Crippen LogP contribution is -2.65. The first kappa shape index (κ1) is 30.0. The van der Waals surface area contributed by atoms with E-state index in [2.05, 4.69) is 41.3 Å². The minimum absolute atomic E-state index is 0.0381. The highest BCUT2D eigenvalue weighted by Gasteiger charge is 2.48. The summed E-state index contributed by atoms with van der Waals surface area (Å²) in [6.07, 6.45) is 5.56. The summed E-state index contributed by atoms with van der Waals surface area (Å²) in [5.41, 5.74) is 1.34. The van der Waals surface area contributed by atoms with Crippen molar-refractivity contribution < 1.29 is 23.0 Å². The van der Waals surface area contributed by atoms with Crippen LogP contribution in [0.3, 0.4) is 0 Å². The summed E-state index contributed by atoms with van der Waals surface area (Å²) in [4.78, 5) is 17.9. The van der Waals surface area contributed by atoms with Crippen LogP contribution in [0.1, 0.15) is 50.3 Å². The maximum absolute atomic E-state index is 13.5. The molecule has 0 spiro atoms. The Morgan fingerprint density at radius 1 is 1.23 bits per heavy atom. The van der Waals surface area contributed by atoms with Crippen molar-refractivity contribution >= 4 is 11.0 Å². The fourth-order valence-electron chi connectivity index (χ4n) is 6.18. The molecule has 0 amide bonds. The molecule has 1 aliphatic heterocycles. The van der Waals surface area contributed by atoms with E-state index in [1.165, 1.54) is 12.4 Å². The van der Waals surface area contributed by atoms with Crippen molar-refractivity contribution in [2.75, 3.05) is 19.7 Å². The standard InChI is InChI=1S/C30H34F3N9O2/c1-19(15-43)36-12-20-10-25(30(31,32)33)40-26(11-20)44-23-4-2-22(3-5-23)41-16-29(17-41,7-8-34)42-14-21(13-39-42)27-24-6-9-35-28(24)38-18-37-27/h6,9-11,13-14,18-19,22-23,36,43H,2-5,7,12,15-17H2,1H3,(H,35,37,38)/t19-,22-,23+/m1/s1. The van der Waals surface area contributed by atoms with Gasteiger partial charge in [0.2, 0.25) is 5.88 Å². The van der Waals surface area contributed by atoms with Gasteiger partial charge in [0.15, 0.2) is 0 Å². The Morgan fingerprint density at radius 2 is 2.02 bits per heavy atom. The highest BCUT2D eigenvalue weighted by molar-refractivity contribution is 5.90. The van der Waals surface area contributed by atoms with Crippen LogP contribution in [-0.2, 0) is 18.3 Å². The Morgan fingerprint density at radius 3 is 2.75 bits per heavy atom. The third-order valence-corrected chi connectivity index (χ3v) is 8.63. The molecule has 4 aromatic heterocycles. The number of H-pyrrole nitrogens is 1. The molecular formula is C30H34F3N9O2. The Hall–Kier alpha value is -4.06. The average molecular weight is 610 g/mol. The number of alkyl halides is 3. The topological polar surface area (TPSA) is 141 Å². The SMILES string of the molecule is C[C@H](CO)NCc1cc(O[C@H]2CC[C@@H](N3CC(CC#N)(n4cc(-c5ncnc6[nH]ccc56)cn4)C3)CC2)nc(C(F)(F)F)c1. The van der Waals surface area contributed by atoms with E-state index in [0.29, 0.717) is 37.9 Å². The minimum atomic E-state index is -4.60.